The van der Waals surface area contributed by atoms with Crippen molar-refractivity contribution >= 4 is 23.2 Å². The quantitative estimate of drug-likeness (QED) is 0.819. The number of nitrogens with zero attached hydrogens (tertiary/aromatic N) is 2. The molecular weight excluding hydrogens is 394 g/mol. The molecule has 0 saturated carbocycles. The van der Waals surface area contributed by atoms with Gasteiger partial charge in [-0.3, -0.25) is 9.59 Å². The summed E-state index contributed by atoms with van der Waals surface area (Å²) in [4.78, 5) is 29.7. The van der Waals surface area contributed by atoms with E-state index in [0.29, 0.717) is 38.6 Å². The van der Waals surface area contributed by atoms with Gasteiger partial charge in [-0.15, -0.1) is 0 Å². The summed E-state index contributed by atoms with van der Waals surface area (Å²) in [5.74, 6) is 0.439. The fourth-order valence-corrected chi connectivity index (χ4v) is 4.30. The monoisotopic (exact) mass is 423 g/mol. The minimum absolute atomic E-state index is 0.0616. The largest absolute Gasteiger partial charge is 0.477 e. The molecule has 1 N–H and O–H groups in total. The number of para-hydroxylation sites is 2. The van der Waals surface area contributed by atoms with E-state index in [1.807, 2.05) is 49.9 Å². The first-order valence-electron chi connectivity index (χ1n) is 10.7. The lowest BCUT2D eigenvalue weighted by Crippen LogP contribution is -2.53. The van der Waals surface area contributed by atoms with E-state index in [4.69, 9.17) is 9.47 Å². The van der Waals surface area contributed by atoms with Crippen LogP contribution in [0.15, 0.2) is 36.4 Å². The summed E-state index contributed by atoms with van der Waals surface area (Å²) in [6.45, 7) is 8.70. The number of hydrogen-bond acceptors (Lipinski definition) is 5. The van der Waals surface area contributed by atoms with E-state index in [9.17, 15) is 9.59 Å². The van der Waals surface area contributed by atoms with Crippen molar-refractivity contribution in [3.05, 3.63) is 53.1 Å². The van der Waals surface area contributed by atoms with Gasteiger partial charge in [-0.05, 0) is 44.0 Å². The summed E-state index contributed by atoms with van der Waals surface area (Å²) in [7, 11) is 0. The van der Waals surface area contributed by atoms with E-state index in [0.717, 1.165) is 22.5 Å². The molecule has 0 aromatic heterocycles. The molecule has 2 amide bonds. The number of aryl methyl sites for hydroxylation is 3. The van der Waals surface area contributed by atoms with Crippen LogP contribution in [-0.2, 0) is 14.3 Å². The van der Waals surface area contributed by atoms with Crippen LogP contribution >= 0.6 is 0 Å². The highest BCUT2D eigenvalue weighted by Gasteiger charge is 2.34. The van der Waals surface area contributed by atoms with Crippen LogP contribution in [0.1, 0.15) is 16.7 Å². The number of fused-ring (bicyclic) bond motifs is 1. The van der Waals surface area contributed by atoms with Crippen LogP contribution in [0.5, 0.6) is 5.75 Å². The van der Waals surface area contributed by atoms with Gasteiger partial charge in [0.05, 0.1) is 32.0 Å². The van der Waals surface area contributed by atoms with Gasteiger partial charge in [-0.1, -0.05) is 29.8 Å². The number of hydrogen-bond donors (Lipinski definition) is 1. The summed E-state index contributed by atoms with van der Waals surface area (Å²) in [5, 5.41) is 3.06. The molecule has 1 saturated heterocycles. The van der Waals surface area contributed by atoms with Crippen molar-refractivity contribution in [1.29, 1.82) is 0 Å². The molecule has 164 valence electrons. The number of carbonyl (C=O) groups is 2. The van der Waals surface area contributed by atoms with Crippen molar-refractivity contribution in [2.45, 2.75) is 26.9 Å². The average molecular weight is 424 g/mol. The number of rotatable bonds is 4. The van der Waals surface area contributed by atoms with Gasteiger partial charge in [0.2, 0.25) is 5.91 Å². The lowest BCUT2D eigenvalue weighted by Gasteiger charge is -2.38. The Kier molecular flexibility index (Phi) is 6.13. The SMILES string of the molecule is Cc1cc(C)c(NC(=O)CN2CC(C(=O)N3CCOCC3)Oc3ccccc32)c(C)c1. The summed E-state index contributed by atoms with van der Waals surface area (Å²) < 4.78 is 11.4. The van der Waals surface area contributed by atoms with Crippen molar-refractivity contribution in [3.63, 3.8) is 0 Å². The first kappa shape index (κ1) is 21.2. The van der Waals surface area contributed by atoms with Crippen LogP contribution in [0.4, 0.5) is 11.4 Å². The number of anilines is 2. The van der Waals surface area contributed by atoms with Gasteiger partial charge in [-0.25, -0.2) is 0 Å². The minimum atomic E-state index is -0.649. The minimum Gasteiger partial charge on any atom is -0.477 e. The first-order chi connectivity index (χ1) is 14.9. The Hall–Kier alpha value is -3.06. The number of nitrogens with one attached hydrogen (secondary N) is 1. The van der Waals surface area contributed by atoms with Crippen LogP contribution < -0.4 is 15.0 Å². The van der Waals surface area contributed by atoms with Crippen LogP contribution in [-0.4, -0.2) is 62.2 Å². The van der Waals surface area contributed by atoms with E-state index in [2.05, 4.69) is 17.4 Å². The lowest BCUT2D eigenvalue weighted by molar-refractivity contribution is -0.142. The normalized spacial score (nSPS) is 18.2. The van der Waals surface area contributed by atoms with E-state index < -0.39 is 6.10 Å². The second-order valence-corrected chi connectivity index (χ2v) is 8.21. The average Bonchev–Trinajstić information content (AvgIpc) is 2.76. The Morgan fingerprint density at radius 1 is 1.06 bits per heavy atom. The van der Waals surface area contributed by atoms with Crippen molar-refractivity contribution in [2.24, 2.45) is 0 Å². The molecule has 1 fully saturated rings. The maximum atomic E-state index is 13.0. The molecule has 0 radical (unpaired) electrons. The summed E-state index contributed by atoms with van der Waals surface area (Å²) >= 11 is 0. The summed E-state index contributed by atoms with van der Waals surface area (Å²) in [5.41, 5.74) is 4.90. The lowest BCUT2D eigenvalue weighted by atomic mass is 10.1. The highest BCUT2D eigenvalue weighted by atomic mass is 16.5. The van der Waals surface area contributed by atoms with Crippen LogP contribution in [0.25, 0.3) is 0 Å². The molecule has 0 spiro atoms. The molecule has 1 atom stereocenters. The van der Waals surface area contributed by atoms with Gasteiger partial charge in [0.1, 0.15) is 5.75 Å². The molecule has 1 unspecified atom stereocenters. The number of carbonyl (C=O) groups excluding carboxylic acids is 2. The molecular formula is C24H29N3O4. The molecule has 2 aromatic rings. The van der Waals surface area contributed by atoms with Gasteiger partial charge in [0.15, 0.2) is 6.10 Å². The summed E-state index contributed by atoms with van der Waals surface area (Å²) in [6.07, 6.45) is -0.649. The molecule has 31 heavy (non-hydrogen) atoms. The van der Waals surface area contributed by atoms with Gasteiger partial charge in [0, 0.05) is 18.8 Å². The maximum absolute atomic E-state index is 13.0. The van der Waals surface area contributed by atoms with Crippen LogP contribution in [0.3, 0.4) is 0 Å². The molecule has 2 aromatic carbocycles. The first-order valence-corrected chi connectivity index (χ1v) is 10.7. The predicted octanol–water partition coefficient (Wildman–Crippen LogP) is 2.68. The molecule has 2 aliphatic rings. The smallest absolute Gasteiger partial charge is 0.265 e. The highest BCUT2D eigenvalue weighted by Crippen LogP contribution is 2.33. The molecule has 7 nitrogen and oxygen atoms in total. The van der Waals surface area contributed by atoms with Crippen LogP contribution in [0.2, 0.25) is 0 Å². The van der Waals surface area contributed by atoms with Crippen LogP contribution in [0, 0.1) is 20.8 Å². The fourth-order valence-electron chi connectivity index (χ4n) is 4.30. The Labute approximate surface area is 182 Å². The number of ether oxygens (including phenoxy) is 2. The third-order valence-electron chi connectivity index (χ3n) is 5.74. The van der Waals surface area contributed by atoms with Gasteiger partial charge in [-0.2, -0.15) is 0 Å². The molecule has 7 heteroatoms. The van der Waals surface area contributed by atoms with E-state index in [-0.39, 0.29) is 18.4 Å². The van der Waals surface area contributed by atoms with Crippen molar-refractivity contribution in [2.75, 3.05) is 49.6 Å². The fraction of sp³-hybridized carbons (Fsp3) is 0.417. The second-order valence-electron chi connectivity index (χ2n) is 8.21. The van der Waals surface area contributed by atoms with Crippen molar-refractivity contribution in [3.8, 4) is 5.75 Å². The topological polar surface area (TPSA) is 71.1 Å². The third kappa shape index (κ3) is 4.66. The maximum Gasteiger partial charge on any atom is 0.265 e. The number of benzene rings is 2. The zero-order chi connectivity index (χ0) is 22.0. The summed E-state index contributed by atoms with van der Waals surface area (Å²) in [6, 6.07) is 11.7. The zero-order valence-corrected chi connectivity index (χ0v) is 18.3. The highest BCUT2D eigenvalue weighted by molar-refractivity contribution is 5.96. The van der Waals surface area contributed by atoms with Gasteiger partial charge < -0.3 is 24.6 Å². The van der Waals surface area contributed by atoms with Gasteiger partial charge in [0.25, 0.3) is 5.91 Å². The number of amides is 2. The molecule has 2 heterocycles. The number of morpholine rings is 1. The van der Waals surface area contributed by atoms with Gasteiger partial charge >= 0.3 is 0 Å². The Balaban J connectivity index is 1.51. The van der Waals surface area contributed by atoms with E-state index in [1.54, 1.807) is 4.90 Å². The Bertz CT molecular complexity index is 962. The van der Waals surface area contributed by atoms with E-state index in [1.165, 1.54) is 5.56 Å². The Morgan fingerprint density at radius 2 is 1.74 bits per heavy atom. The molecule has 0 aliphatic carbocycles. The molecule has 0 bridgehead atoms. The zero-order valence-electron chi connectivity index (χ0n) is 18.3. The van der Waals surface area contributed by atoms with E-state index >= 15 is 0 Å². The predicted molar refractivity (Wildman–Crippen MR) is 120 cm³/mol. The second kappa shape index (κ2) is 8.98. The molecule has 2 aliphatic heterocycles. The molecule has 4 rings (SSSR count). The Morgan fingerprint density at radius 3 is 2.45 bits per heavy atom. The van der Waals surface area contributed by atoms with Crippen molar-refractivity contribution < 1.29 is 19.1 Å². The third-order valence-corrected chi connectivity index (χ3v) is 5.74. The van der Waals surface area contributed by atoms with Crippen molar-refractivity contribution in [1.82, 2.24) is 4.90 Å². The standard InChI is InChI=1S/C24H29N3O4/c1-16-12-17(2)23(18(3)13-16)25-22(28)15-27-14-21(24(29)26-8-10-30-11-9-26)31-20-7-5-4-6-19(20)27/h4-7,12-13,21H,8-11,14-15H2,1-3H3,(H,25,28).